The molecule has 0 bridgehead atoms. The van der Waals surface area contributed by atoms with E-state index in [2.05, 4.69) is 20.6 Å². The Morgan fingerprint density at radius 2 is 1.89 bits per heavy atom. The zero-order chi connectivity index (χ0) is 24.5. The van der Waals surface area contributed by atoms with Crippen molar-refractivity contribution in [1.29, 1.82) is 0 Å². The number of carbonyl (C=O) groups is 2. The highest BCUT2D eigenvalue weighted by atomic mass is 16.5. The Hall–Kier alpha value is -4.73. The van der Waals surface area contributed by atoms with Crippen molar-refractivity contribution in [1.82, 2.24) is 19.9 Å². The first kappa shape index (κ1) is 22.1. The lowest BCUT2D eigenvalue weighted by molar-refractivity contribution is -0.119. The molecule has 1 amide bonds. The fourth-order valence-electron chi connectivity index (χ4n) is 3.67. The molecular formula is C25H21N5O5. The molecule has 0 saturated carbocycles. The third kappa shape index (κ3) is 4.41. The van der Waals surface area contributed by atoms with Crippen molar-refractivity contribution in [2.45, 2.75) is 20.8 Å². The second kappa shape index (κ2) is 8.90. The molecule has 4 heterocycles. The molecule has 0 aliphatic heterocycles. The highest BCUT2D eigenvalue weighted by Gasteiger charge is 2.22. The van der Waals surface area contributed by atoms with Gasteiger partial charge in [-0.2, -0.15) is 5.10 Å². The normalized spacial score (nSPS) is 11.1. The van der Waals surface area contributed by atoms with Gasteiger partial charge < -0.3 is 19.0 Å². The van der Waals surface area contributed by atoms with Gasteiger partial charge in [0.25, 0.3) is 11.6 Å². The van der Waals surface area contributed by atoms with Crippen molar-refractivity contribution in [2.24, 2.45) is 0 Å². The lowest BCUT2D eigenvalue weighted by Crippen LogP contribution is -2.22. The van der Waals surface area contributed by atoms with Crippen LogP contribution in [-0.2, 0) is 9.53 Å². The van der Waals surface area contributed by atoms with Crippen LogP contribution in [0.25, 0.3) is 28.2 Å². The monoisotopic (exact) mass is 471 g/mol. The van der Waals surface area contributed by atoms with Gasteiger partial charge in [-0.25, -0.2) is 14.5 Å². The number of amides is 1. The molecule has 35 heavy (non-hydrogen) atoms. The first-order chi connectivity index (χ1) is 16.9. The molecule has 5 aromatic rings. The van der Waals surface area contributed by atoms with Crippen LogP contribution in [0.3, 0.4) is 0 Å². The number of aromatic nitrogens is 4. The van der Waals surface area contributed by atoms with Gasteiger partial charge in [0.1, 0.15) is 11.5 Å². The minimum Gasteiger partial charge on any atom is -0.463 e. The SMILES string of the molecule is Cc1ccc(-n2nc(C)cc2NC(=O)COC(=O)c2cc(-c3ccco3)nc3onc(C)c23)cc1. The van der Waals surface area contributed by atoms with Gasteiger partial charge in [0.15, 0.2) is 12.4 Å². The number of carbonyl (C=O) groups excluding carboxylic acids is 2. The Labute approximate surface area is 199 Å². The smallest absolute Gasteiger partial charge is 0.339 e. The number of ether oxygens (including phenoxy) is 1. The van der Waals surface area contributed by atoms with E-state index in [-0.39, 0.29) is 11.3 Å². The molecule has 0 aliphatic carbocycles. The Kier molecular flexibility index (Phi) is 5.61. The fourth-order valence-corrected chi connectivity index (χ4v) is 3.67. The largest absolute Gasteiger partial charge is 0.463 e. The van der Waals surface area contributed by atoms with E-state index in [9.17, 15) is 9.59 Å². The number of fused-ring (bicyclic) bond motifs is 1. The third-order valence-electron chi connectivity index (χ3n) is 5.32. The molecule has 0 radical (unpaired) electrons. The number of rotatable bonds is 6. The second-order valence-corrected chi connectivity index (χ2v) is 8.02. The summed E-state index contributed by atoms with van der Waals surface area (Å²) in [6.07, 6.45) is 1.50. The molecule has 0 spiro atoms. The van der Waals surface area contributed by atoms with Crippen LogP contribution in [0, 0.1) is 20.8 Å². The van der Waals surface area contributed by atoms with Crippen LogP contribution >= 0.6 is 0 Å². The number of anilines is 1. The van der Waals surface area contributed by atoms with Gasteiger partial charge >= 0.3 is 5.97 Å². The van der Waals surface area contributed by atoms with Crippen LogP contribution < -0.4 is 5.32 Å². The van der Waals surface area contributed by atoms with Gasteiger partial charge in [-0.15, -0.1) is 0 Å². The molecule has 1 aromatic carbocycles. The zero-order valence-electron chi connectivity index (χ0n) is 19.2. The van der Waals surface area contributed by atoms with Crippen LogP contribution in [-0.4, -0.2) is 38.4 Å². The van der Waals surface area contributed by atoms with Crippen LogP contribution in [0.4, 0.5) is 5.82 Å². The molecule has 0 aliphatic rings. The lowest BCUT2D eigenvalue weighted by atomic mass is 10.1. The van der Waals surface area contributed by atoms with Crippen molar-refractivity contribution in [3.05, 3.63) is 77.3 Å². The van der Waals surface area contributed by atoms with E-state index in [0.29, 0.717) is 28.4 Å². The second-order valence-electron chi connectivity index (χ2n) is 8.02. The van der Waals surface area contributed by atoms with E-state index in [1.54, 1.807) is 29.8 Å². The van der Waals surface area contributed by atoms with E-state index >= 15 is 0 Å². The lowest BCUT2D eigenvalue weighted by Gasteiger charge is -2.10. The van der Waals surface area contributed by atoms with Crippen LogP contribution in [0.1, 0.15) is 27.3 Å². The van der Waals surface area contributed by atoms with Crippen LogP contribution in [0.15, 0.2) is 63.7 Å². The Bertz CT molecular complexity index is 1530. The minimum absolute atomic E-state index is 0.172. The Morgan fingerprint density at radius 3 is 2.63 bits per heavy atom. The summed E-state index contributed by atoms with van der Waals surface area (Å²) in [7, 11) is 0. The number of hydrogen-bond acceptors (Lipinski definition) is 8. The average molecular weight is 471 g/mol. The number of benzene rings is 1. The molecule has 176 valence electrons. The predicted octanol–water partition coefficient (Wildman–Crippen LogP) is 4.39. The van der Waals surface area contributed by atoms with Crippen molar-refractivity contribution < 1.29 is 23.3 Å². The predicted molar refractivity (Wildman–Crippen MR) is 126 cm³/mol. The number of aryl methyl sites for hydroxylation is 3. The summed E-state index contributed by atoms with van der Waals surface area (Å²) in [5.74, 6) is -0.304. The summed E-state index contributed by atoms with van der Waals surface area (Å²) >= 11 is 0. The highest BCUT2D eigenvalue weighted by molar-refractivity contribution is 6.05. The number of hydrogen-bond donors (Lipinski definition) is 1. The molecule has 0 saturated heterocycles. The average Bonchev–Trinajstić information content (AvgIpc) is 3.58. The molecule has 0 atom stereocenters. The fraction of sp³-hybridized carbons (Fsp3) is 0.160. The molecule has 1 N–H and O–H groups in total. The van der Waals surface area contributed by atoms with Gasteiger partial charge in [0.05, 0.1) is 34.3 Å². The van der Waals surface area contributed by atoms with Crippen LogP contribution in [0.2, 0.25) is 0 Å². The summed E-state index contributed by atoms with van der Waals surface area (Å²) in [6, 6.07) is 14.4. The summed E-state index contributed by atoms with van der Waals surface area (Å²) in [4.78, 5) is 30.0. The van der Waals surface area contributed by atoms with E-state index in [4.69, 9.17) is 13.7 Å². The molecule has 10 nitrogen and oxygen atoms in total. The summed E-state index contributed by atoms with van der Waals surface area (Å²) < 4.78 is 17.6. The first-order valence-corrected chi connectivity index (χ1v) is 10.8. The number of furan rings is 1. The van der Waals surface area contributed by atoms with Gasteiger partial charge in [-0.3, -0.25) is 4.79 Å². The van der Waals surface area contributed by atoms with Crippen LogP contribution in [0.5, 0.6) is 0 Å². The Balaban J connectivity index is 1.34. The molecule has 10 heteroatoms. The number of esters is 1. The minimum atomic E-state index is -0.713. The zero-order valence-corrected chi connectivity index (χ0v) is 19.2. The molecule has 0 unspecified atom stereocenters. The summed E-state index contributed by atoms with van der Waals surface area (Å²) in [6.45, 7) is 5.01. The third-order valence-corrected chi connectivity index (χ3v) is 5.32. The first-order valence-electron chi connectivity index (χ1n) is 10.8. The van der Waals surface area contributed by atoms with Gasteiger partial charge in [-0.05, 0) is 51.1 Å². The molecule has 4 aromatic heterocycles. The Morgan fingerprint density at radius 1 is 1.09 bits per heavy atom. The topological polar surface area (TPSA) is 125 Å². The van der Waals surface area contributed by atoms with Crippen molar-refractivity contribution in [3.8, 4) is 17.1 Å². The van der Waals surface area contributed by atoms with Gasteiger partial charge in [0.2, 0.25) is 0 Å². The van der Waals surface area contributed by atoms with Crippen molar-refractivity contribution >= 4 is 28.8 Å². The van der Waals surface area contributed by atoms with Gasteiger partial charge in [-0.1, -0.05) is 22.9 Å². The molecule has 5 rings (SSSR count). The van der Waals surface area contributed by atoms with E-state index in [0.717, 1.165) is 16.9 Å². The van der Waals surface area contributed by atoms with Crippen molar-refractivity contribution in [3.63, 3.8) is 0 Å². The van der Waals surface area contributed by atoms with E-state index in [1.165, 1.54) is 12.3 Å². The number of nitrogens with zero attached hydrogens (tertiary/aromatic N) is 4. The standard InChI is InChI=1S/C25H21N5O5/c1-14-6-8-17(9-7-14)30-21(11-15(2)28-30)27-22(31)13-34-25(32)18-12-19(20-5-4-10-33-20)26-24-23(18)16(3)29-35-24/h4-12H,13H2,1-3H3,(H,27,31). The summed E-state index contributed by atoms with van der Waals surface area (Å²) in [5.41, 5.74) is 3.84. The highest BCUT2D eigenvalue weighted by Crippen LogP contribution is 2.28. The van der Waals surface area contributed by atoms with Gasteiger partial charge in [0, 0.05) is 6.07 Å². The van der Waals surface area contributed by atoms with Crippen molar-refractivity contribution in [2.75, 3.05) is 11.9 Å². The maximum atomic E-state index is 13.0. The van der Waals surface area contributed by atoms with E-state index in [1.807, 2.05) is 38.1 Å². The number of pyridine rings is 1. The maximum Gasteiger partial charge on any atom is 0.339 e. The number of nitrogens with one attached hydrogen (secondary N) is 1. The molecular weight excluding hydrogens is 450 g/mol. The summed E-state index contributed by atoms with van der Waals surface area (Å²) in [5, 5.41) is 11.5. The quantitative estimate of drug-likeness (QED) is 0.362. The maximum absolute atomic E-state index is 13.0. The van der Waals surface area contributed by atoms with E-state index < -0.39 is 18.5 Å². The molecule has 0 fully saturated rings.